The zero-order chi connectivity index (χ0) is 3.41. The summed E-state index contributed by atoms with van der Waals surface area (Å²) in [5.41, 5.74) is 0. The smallest absolute Gasteiger partial charge is 0.268 e. The van der Waals surface area contributed by atoms with Gasteiger partial charge in [-0.05, 0) is 0 Å². The molecule has 0 saturated carbocycles. The number of hydrogen-bond acceptors (Lipinski definition) is 2. The Kier molecular flexibility index (Phi) is 1.86. The van der Waals surface area contributed by atoms with E-state index in [-0.39, 0.29) is 6.40 Å². The standard InChI is InChI=1S/CH2NO2/c3-1-2-4/h1,4H/b2-1+. The van der Waals surface area contributed by atoms with Crippen LogP contribution in [-0.4, -0.2) is 11.6 Å². The van der Waals surface area contributed by atoms with Gasteiger partial charge in [-0.25, -0.2) is 0 Å². The average Bonchev–Trinajstić information content (AvgIpc) is 1.37. The molecule has 0 aromatic carbocycles. The fourth-order valence-electron chi connectivity index (χ4n) is 0. The van der Waals surface area contributed by atoms with E-state index in [1.54, 1.807) is 0 Å². The average molecular weight is 60.0 g/mol. The van der Waals surface area contributed by atoms with Crippen molar-refractivity contribution >= 4 is 6.40 Å². The molecule has 0 saturated heterocycles. The Morgan fingerprint density at radius 3 is 2.25 bits per heavy atom. The highest BCUT2D eigenvalue weighted by Crippen LogP contribution is 1.34. The van der Waals surface area contributed by atoms with Gasteiger partial charge in [-0.1, -0.05) is 5.16 Å². The highest BCUT2D eigenvalue weighted by molar-refractivity contribution is 5.40. The molecule has 0 aliphatic rings. The summed E-state index contributed by atoms with van der Waals surface area (Å²) in [6.07, 6.45) is 0.0556. The monoisotopic (exact) mass is 60.0 g/mol. The van der Waals surface area contributed by atoms with E-state index >= 15 is 0 Å². The van der Waals surface area contributed by atoms with Crippen LogP contribution in [0.2, 0.25) is 0 Å². The van der Waals surface area contributed by atoms with Crippen molar-refractivity contribution in [3.63, 3.8) is 0 Å². The summed E-state index contributed by atoms with van der Waals surface area (Å²) < 4.78 is 0. The second-order valence-corrected chi connectivity index (χ2v) is 0.221. The fourth-order valence-corrected chi connectivity index (χ4v) is 0. The Morgan fingerprint density at radius 2 is 2.25 bits per heavy atom. The van der Waals surface area contributed by atoms with Crippen molar-refractivity contribution in [1.82, 2.24) is 0 Å². The predicted octanol–water partition coefficient (Wildman–Crippen LogP) is -0.166. The molecule has 0 aliphatic heterocycles. The highest BCUT2D eigenvalue weighted by atomic mass is 16.5. The van der Waals surface area contributed by atoms with Crippen molar-refractivity contribution in [3.8, 4) is 0 Å². The summed E-state index contributed by atoms with van der Waals surface area (Å²) in [5, 5.41) is 17.9. The maximum Gasteiger partial charge on any atom is 0.268 e. The molecule has 0 aromatic heterocycles. The first-order valence-corrected chi connectivity index (χ1v) is 0.694. The van der Waals surface area contributed by atoms with E-state index < -0.39 is 0 Å². The Bertz CT molecular complexity index is 21.2. The van der Waals surface area contributed by atoms with Gasteiger partial charge in [0.1, 0.15) is 0 Å². The van der Waals surface area contributed by atoms with Crippen LogP contribution in [0.5, 0.6) is 0 Å². The lowest BCUT2D eigenvalue weighted by Crippen LogP contribution is -1.53. The molecule has 4 heavy (non-hydrogen) atoms. The van der Waals surface area contributed by atoms with E-state index in [4.69, 9.17) is 10.3 Å². The number of nitrogens with zero attached hydrogens (tertiary/aromatic N) is 1. The van der Waals surface area contributed by atoms with E-state index in [0.29, 0.717) is 0 Å². The van der Waals surface area contributed by atoms with Gasteiger partial charge in [0, 0.05) is 0 Å². The zero-order valence-corrected chi connectivity index (χ0v) is 1.88. The summed E-state index contributed by atoms with van der Waals surface area (Å²) >= 11 is 0. The molecule has 3 heteroatoms. The van der Waals surface area contributed by atoms with Gasteiger partial charge in [-0.2, -0.15) is 0 Å². The molecule has 0 rings (SSSR count). The van der Waals surface area contributed by atoms with Crippen molar-refractivity contribution in [1.29, 1.82) is 0 Å². The minimum Gasteiger partial charge on any atom is -0.408 e. The van der Waals surface area contributed by atoms with Crippen LogP contribution in [0.1, 0.15) is 0 Å². The van der Waals surface area contributed by atoms with Crippen molar-refractivity contribution in [2.75, 3.05) is 0 Å². The van der Waals surface area contributed by atoms with Crippen LogP contribution in [0.25, 0.3) is 0 Å². The van der Waals surface area contributed by atoms with Crippen molar-refractivity contribution in [2.24, 2.45) is 5.16 Å². The van der Waals surface area contributed by atoms with Gasteiger partial charge in [-0.15, -0.1) is 0 Å². The van der Waals surface area contributed by atoms with Gasteiger partial charge in [0.15, 0.2) is 0 Å². The largest absolute Gasteiger partial charge is 0.408 e. The molecule has 0 aromatic rings. The maximum absolute atomic E-state index is 8.76. The number of hydrogen-bond donors (Lipinski definition) is 1. The highest BCUT2D eigenvalue weighted by Gasteiger charge is 1.41. The third kappa shape index (κ3) is 1.27. The van der Waals surface area contributed by atoms with Gasteiger partial charge in [0.2, 0.25) is 0 Å². The molecule has 1 radical (unpaired) electrons. The molecular weight excluding hydrogens is 58.0 g/mol. The summed E-state index contributed by atoms with van der Waals surface area (Å²) in [4.78, 5) is 0. The first-order valence-electron chi connectivity index (χ1n) is 0.694. The van der Waals surface area contributed by atoms with Crippen LogP contribution >= 0.6 is 0 Å². The van der Waals surface area contributed by atoms with Gasteiger partial charge in [0.05, 0.1) is 0 Å². The predicted molar refractivity (Wildman–Crippen MR) is 11.0 cm³/mol. The van der Waals surface area contributed by atoms with Crippen LogP contribution < -0.4 is 0 Å². The molecular formula is CH2NO2. The molecule has 0 unspecified atom stereocenters. The SMILES string of the molecule is [O]/C=N/O. The molecule has 0 heterocycles. The van der Waals surface area contributed by atoms with E-state index in [2.05, 4.69) is 5.16 Å². The quantitative estimate of drug-likeness (QED) is 0.179. The molecule has 0 spiro atoms. The minimum absolute atomic E-state index is 0.0556. The van der Waals surface area contributed by atoms with Crippen LogP contribution in [-0.2, 0) is 5.11 Å². The lowest BCUT2D eigenvalue weighted by atomic mass is 11.6. The van der Waals surface area contributed by atoms with Gasteiger partial charge < -0.3 is 5.21 Å². The molecule has 0 fully saturated rings. The van der Waals surface area contributed by atoms with E-state index in [0.717, 1.165) is 0 Å². The summed E-state index contributed by atoms with van der Waals surface area (Å²) in [6.45, 7) is 0. The second-order valence-electron chi connectivity index (χ2n) is 0.221. The van der Waals surface area contributed by atoms with Gasteiger partial charge in [0.25, 0.3) is 6.40 Å². The minimum atomic E-state index is 0.0556. The van der Waals surface area contributed by atoms with E-state index in [1.165, 1.54) is 0 Å². The molecule has 3 nitrogen and oxygen atoms in total. The first-order chi connectivity index (χ1) is 1.91. The normalized spacial score (nSPS) is 9.00. The molecule has 0 atom stereocenters. The van der Waals surface area contributed by atoms with Crippen molar-refractivity contribution < 1.29 is 10.3 Å². The third-order valence-electron chi connectivity index (χ3n) is 0.0471. The van der Waals surface area contributed by atoms with Crippen LogP contribution in [0, 0.1) is 0 Å². The number of rotatable bonds is 0. The van der Waals surface area contributed by atoms with Crippen molar-refractivity contribution in [3.05, 3.63) is 0 Å². The van der Waals surface area contributed by atoms with Crippen molar-refractivity contribution in [2.45, 2.75) is 0 Å². The molecule has 1 N–H and O–H groups in total. The second kappa shape index (κ2) is 2.27. The number of oxime groups is 1. The van der Waals surface area contributed by atoms with Gasteiger partial charge in [-0.3, -0.25) is 5.11 Å². The third-order valence-corrected chi connectivity index (χ3v) is 0.0471. The summed E-state index contributed by atoms with van der Waals surface area (Å²) in [5.74, 6) is 0. The Morgan fingerprint density at radius 1 is 2.00 bits per heavy atom. The maximum atomic E-state index is 8.76. The Labute approximate surface area is 23.2 Å². The lowest BCUT2D eigenvalue weighted by molar-refractivity contribution is 0.297. The van der Waals surface area contributed by atoms with Crippen LogP contribution in [0.4, 0.5) is 0 Å². The molecule has 23 valence electrons. The molecule has 0 aliphatic carbocycles. The Hall–Kier alpha value is -0.730. The van der Waals surface area contributed by atoms with E-state index in [1.807, 2.05) is 0 Å². The lowest BCUT2D eigenvalue weighted by Gasteiger charge is -1.50. The van der Waals surface area contributed by atoms with Gasteiger partial charge >= 0.3 is 0 Å². The van der Waals surface area contributed by atoms with E-state index in [9.17, 15) is 0 Å². The zero-order valence-electron chi connectivity index (χ0n) is 1.88. The van der Waals surface area contributed by atoms with Crippen LogP contribution in [0.3, 0.4) is 0 Å². The first kappa shape index (κ1) is 3.27. The van der Waals surface area contributed by atoms with Crippen LogP contribution in [0.15, 0.2) is 5.16 Å². The fraction of sp³-hybridized carbons (Fsp3) is 0. The summed E-state index contributed by atoms with van der Waals surface area (Å²) in [6, 6.07) is 0. The topological polar surface area (TPSA) is 52.5 Å². The summed E-state index contributed by atoms with van der Waals surface area (Å²) in [7, 11) is 0. The molecule has 0 amide bonds. The Balaban J connectivity index is 2.55. The molecule has 0 bridgehead atoms.